The summed E-state index contributed by atoms with van der Waals surface area (Å²) in [6.07, 6.45) is 0.389. The summed E-state index contributed by atoms with van der Waals surface area (Å²) in [5, 5.41) is 8.08. The van der Waals surface area contributed by atoms with Crippen LogP contribution in [0.25, 0.3) is 0 Å². The molecule has 12 heavy (non-hydrogen) atoms. The Bertz CT molecular complexity index is 130. The van der Waals surface area contributed by atoms with Crippen LogP contribution in [0.4, 0.5) is 0 Å². The van der Waals surface area contributed by atoms with Gasteiger partial charge in [0.05, 0.1) is 19.8 Å². The van der Waals surface area contributed by atoms with Gasteiger partial charge in [-0.1, -0.05) is 0 Å². The smallest absolute Gasteiger partial charge is 0.293 e. The van der Waals surface area contributed by atoms with Gasteiger partial charge < -0.3 is 19.3 Å². The van der Waals surface area contributed by atoms with Crippen molar-refractivity contribution in [3.8, 4) is 0 Å². The summed E-state index contributed by atoms with van der Waals surface area (Å²) >= 11 is 0. The Morgan fingerprint density at radius 2 is 2.00 bits per heavy atom. The standard InChI is InChI=1S/C4H6O3.C3H6O2/c5-3-6-1-4-2-7-4;4-1-3-2-5-3/h3-4H,1-2H2;3-4H,1-2H2. The molecule has 1 N–H and O–H groups in total. The highest BCUT2D eigenvalue weighted by atomic mass is 16.6. The number of aliphatic hydroxyl groups excluding tert-OH is 1. The predicted octanol–water partition coefficient (Wildman–Crippen LogP) is -1.06. The molecule has 0 aliphatic carbocycles. The van der Waals surface area contributed by atoms with Crippen LogP contribution >= 0.6 is 0 Å². The molecule has 0 amide bonds. The van der Waals surface area contributed by atoms with Gasteiger partial charge in [0.2, 0.25) is 0 Å². The summed E-state index contributed by atoms with van der Waals surface area (Å²) in [6.45, 7) is 2.55. The highest BCUT2D eigenvalue weighted by molar-refractivity contribution is 5.36. The van der Waals surface area contributed by atoms with Crippen LogP contribution in [0.2, 0.25) is 0 Å². The zero-order valence-corrected chi connectivity index (χ0v) is 6.64. The number of epoxide rings is 2. The molecular formula is C7H12O5. The number of rotatable bonds is 4. The van der Waals surface area contributed by atoms with Crippen molar-refractivity contribution in [2.45, 2.75) is 12.2 Å². The molecule has 2 rings (SSSR count). The first-order valence-electron chi connectivity index (χ1n) is 3.76. The first-order chi connectivity index (χ1) is 5.86. The van der Waals surface area contributed by atoms with Crippen LogP contribution in [0.3, 0.4) is 0 Å². The molecular weight excluding hydrogens is 164 g/mol. The van der Waals surface area contributed by atoms with E-state index in [2.05, 4.69) is 9.47 Å². The van der Waals surface area contributed by atoms with E-state index in [1.807, 2.05) is 0 Å². The van der Waals surface area contributed by atoms with E-state index in [9.17, 15) is 4.79 Å². The molecule has 2 aliphatic heterocycles. The monoisotopic (exact) mass is 176 g/mol. The first-order valence-corrected chi connectivity index (χ1v) is 3.76. The number of ether oxygens (including phenoxy) is 3. The van der Waals surface area contributed by atoms with Gasteiger partial charge in [-0.25, -0.2) is 0 Å². The number of hydrogen-bond acceptors (Lipinski definition) is 5. The van der Waals surface area contributed by atoms with Crippen LogP contribution < -0.4 is 0 Å². The lowest BCUT2D eigenvalue weighted by atomic mass is 10.5. The van der Waals surface area contributed by atoms with Gasteiger partial charge in [0, 0.05) is 0 Å². The van der Waals surface area contributed by atoms with Gasteiger partial charge in [-0.05, 0) is 0 Å². The molecule has 0 aromatic heterocycles. The van der Waals surface area contributed by atoms with Crippen LogP contribution in [0.1, 0.15) is 0 Å². The molecule has 2 fully saturated rings. The molecule has 0 bridgehead atoms. The normalized spacial score (nSPS) is 29.8. The number of carbonyl (C=O) groups excluding carboxylic acids is 1. The highest BCUT2D eigenvalue weighted by Crippen LogP contribution is 2.07. The lowest BCUT2D eigenvalue weighted by Crippen LogP contribution is -1.97. The lowest BCUT2D eigenvalue weighted by Gasteiger charge is -1.86. The Morgan fingerprint density at radius 3 is 2.25 bits per heavy atom. The van der Waals surface area contributed by atoms with Gasteiger partial charge in [0.15, 0.2) is 0 Å². The van der Waals surface area contributed by atoms with E-state index in [-0.39, 0.29) is 18.8 Å². The molecule has 2 saturated heterocycles. The van der Waals surface area contributed by atoms with Crippen molar-refractivity contribution in [1.82, 2.24) is 0 Å². The largest absolute Gasteiger partial charge is 0.465 e. The Morgan fingerprint density at radius 1 is 1.42 bits per heavy atom. The molecule has 0 saturated carbocycles. The van der Waals surface area contributed by atoms with E-state index in [0.717, 1.165) is 13.2 Å². The van der Waals surface area contributed by atoms with E-state index in [4.69, 9.17) is 9.84 Å². The second kappa shape index (κ2) is 5.08. The molecule has 0 radical (unpaired) electrons. The summed E-state index contributed by atoms with van der Waals surface area (Å²) in [6, 6.07) is 0. The predicted molar refractivity (Wildman–Crippen MR) is 38.6 cm³/mol. The molecule has 2 aliphatic rings. The maximum absolute atomic E-state index is 9.46. The summed E-state index contributed by atoms with van der Waals surface area (Å²) < 4.78 is 13.7. The average Bonchev–Trinajstić information content (AvgIpc) is 2.94. The molecule has 0 aromatic carbocycles. The third-order valence-electron chi connectivity index (χ3n) is 1.36. The van der Waals surface area contributed by atoms with Crippen molar-refractivity contribution >= 4 is 6.47 Å². The maximum atomic E-state index is 9.46. The third-order valence-corrected chi connectivity index (χ3v) is 1.36. The van der Waals surface area contributed by atoms with Crippen molar-refractivity contribution in [2.24, 2.45) is 0 Å². The second-order valence-corrected chi connectivity index (χ2v) is 2.52. The van der Waals surface area contributed by atoms with Crippen LogP contribution in [0, 0.1) is 0 Å². The SMILES string of the molecule is O=COCC1CO1.OCC1CO1. The van der Waals surface area contributed by atoms with Gasteiger partial charge in [-0.2, -0.15) is 0 Å². The average molecular weight is 176 g/mol. The van der Waals surface area contributed by atoms with Crippen molar-refractivity contribution in [2.75, 3.05) is 26.4 Å². The molecule has 2 atom stereocenters. The minimum atomic E-state index is 0.190. The molecule has 5 nitrogen and oxygen atoms in total. The van der Waals surface area contributed by atoms with Gasteiger partial charge >= 0.3 is 0 Å². The third kappa shape index (κ3) is 5.06. The minimum absolute atomic E-state index is 0.190. The Hall–Kier alpha value is -0.650. The molecule has 5 heteroatoms. The molecule has 2 heterocycles. The van der Waals surface area contributed by atoms with Crippen molar-refractivity contribution in [3.05, 3.63) is 0 Å². The Balaban J connectivity index is 0.000000127. The zero-order valence-electron chi connectivity index (χ0n) is 6.64. The van der Waals surface area contributed by atoms with Crippen LogP contribution in [0.15, 0.2) is 0 Å². The van der Waals surface area contributed by atoms with E-state index in [1.165, 1.54) is 0 Å². The van der Waals surface area contributed by atoms with Crippen molar-refractivity contribution in [1.29, 1.82) is 0 Å². The van der Waals surface area contributed by atoms with Crippen LogP contribution in [-0.2, 0) is 19.0 Å². The minimum Gasteiger partial charge on any atom is -0.465 e. The fourth-order valence-electron chi connectivity index (χ4n) is 0.484. The Kier molecular flexibility index (Phi) is 3.99. The van der Waals surface area contributed by atoms with Crippen molar-refractivity contribution in [3.63, 3.8) is 0 Å². The molecule has 0 spiro atoms. The number of aliphatic hydroxyl groups is 1. The molecule has 0 aromatic rings. The van der Waals surface area contributed by atoms with Gasteiger partial charge in [-0.3, -0.25) is 4.79 Å². The van der Waals surface area contributed by atoms with Gasteiger partial charge in [0.25, 0.3) is 6.47 Å². The van der Waals surface area contributed by atoms with E-state index in [0.29, 0.717) is 13.1 Å². The molecule has 70 valence electrons. The Labute approximate surface area is 70.2 Å². The summed E-state index contributed by atoms with van der Waals surface area (Å²) in [5.74, 6) is 0. The van der Waals surface area contributed by atoms with Crippen LogP contribution in [-0.4, -0.2) is 50.2 Å². The van der Waals surface area contributed by atoms with Gasteiger partial charge in [-0.15, -0.1) is 0 Å². The van der Waals surface area contributed by atoms with Crippen LogP contribution in [0.5, 0.6) is 0 Å². The summed E-state index contributed by atoms with van der Waals surface area (Å²) in [4.78, 5) is 9.46. The lowest BCUT2D eigenvalue weighted by molar-refractivity contribution is -0.129. The van der Waals surface area contributed by atoms with E-state index >= 15 is 0 Å². The number of carbonyl (C=O) groups is 1. The number of hydrogen-bond donors (Lipinski definition) is 1. The fraction of sp³-hybridized carbons (Fsp3) is 0.857. The van der Waals surface area contributed by atoms with E-state index < -0.39 is 0 Å². The summed E-state index contributed by atoms with van der Waals surface area (Å²) in [7, 11) is 0. The second-order valence-electron chi connectivity index (χ2n) is 2.52. The molecule has 2 unspecified atom stereocenters. The first kappa shape index (κ1) is 9.44. The van der Waals surface area contributed by atoms with Gasteiger partial charge in [0.1, 0.15) is 18.8 Å². The maximum Gasteiger partial charge on any atom is 0.293 e. The van der Waals surface area contributed by atoms with E-state index in [1.54, 1.807) is 0 Å². The highest BCUT2D eigenvalue weighted by Gasteiger charge is 2.22. The zero-order chi connectivity index (χ0) is 8.81. The fourth-order valence-corrected chi connectivity index (χ4v) is 0.484. The summed E-state index contributed by atoms with van der Waals surface area (Å²) in [5.41, 5.74) is 0. The quantitative estimate of drug-likeness (QED) is 0.436. The van der Waals surface area contributed by atoms with Crippen molar-refractivity contribution < 1.29 is 24.1 Å². The topological polar surface area (TPSA) is 71.6 Å².